The standard InChI is InChI=1S/C65H57N4O.Pt/c1-63(2,3)48-36-49(64(4,5)6)38-51(37-48)68-43-67(59-29-18-19-30-60(59)68)50-27-20-28-52(39-50)70-53-32-33-54-55-35-46(44-21-12-9-13-22-44)31-34-58(55)69(61(54)40-53)62-41-57(65(7,8)47-25-16-11-17-26-47)56(42-66-62)45-23-14-10-15-24-45;/h9-38,41-43H,1-8H3;/q-3;/i10D,14D,15D,23D,24D;. The van der Waals surface area contributed by atoms with Crippen LogP contribution in [0.25, 0.3) is 49.9 Å². The van der Waals surface area contributed by atoms with Gasteiger partial charge in [0.05, 0.1) is 6.85 Å². The van der Waals surface area contributed by atoms with Crippen LogP contribution >= 0.6 is 0 Å². The van der Waals surface area contributed by atoms with Crippen molar-refractivity contribution < 1.29 is 32.7 Å². The average molecular weight is 1110 g/mol. The number of aromatic nitrogens is 2. The number of fused-ring (bicyclic) bond motifs is 4. The Morgan fingerprint density at radius 2 is 1.20 bits per heavy atom. The van der Waals surface area contributed by atoms with Crippen molar-refractivity contribution in [3.63, 3.8) is 0 Å². The van der Waals surface area contributed by atoms with Crippen LogP contribution in [0.2, 0.25) is 0 Å². The van der Waals surface area contributed by atoms with E-state index in [0.29, 0.717) is 22.9 Å². The fourth-order valence-corrected chi connectivity index (χ4v) is 9.59. The van der Waals surface area contributed by atoms with E-state index in [1.54, 1.807) is 6.20 Å². The summed E-state index contributed by atoms with van der Waals surface area (Å²) in [5, 5.41) is 1.92. The van der Waals surface area contributed by atoms with Gasteiger partial charge in [-0.1, -0.05) is 182 Å². The van der Waals surface area contributed by atoms with E-state index in [-0.39, 0.29) is 49.5 Å². The summed E-state index contributed by atoms with van der Waals surface area (Å²) in [6.07, 6.45) is 1.65. The zero-order valence-electron chi connectivity index (χ0n) is 46.2. The van der Waals surface area contributed by atoms with Crippen molar-refractivity contribution in [1.82, 2.24) is 9.55 Å². The molecule has 1 aliphatic rings. The van der Waals surface area contributed by atoms with Crippen LogP contribution in [0, 0.1) is 18.8 Å². The van der Waals surface area contributed by atoms with E-state index in [1.807, 2.05) is 78.9 Å². The molecular weight excluding hydrogens is 1050 g/mol. The van der Waals surface area contributed by atoms with Crippen LogP contribution in [0.4, 0.5) is 22.7 Å². The van der Waals surface area contributed by atoms with Crippen LogP contribution in [0.5, 0.6) is 11.5 Å². The molecule has 71 heavy (non-hydrogen) atoms. The topological polar surface area (TPSA) is 33.5 Å². The first kappa shape index (κ1) is 41.6. The number of para-hydroxylation sites is 2. The minimum atomic E-state index is -0.717. The zero-order chi connectivity index (χ0) is 52.7. The van der Waals surface area contributed by atoms with Crippen molar-refractivity contribution >= 4 is 44.6 Å². The molecule has 1 aliphatic heterocycles. The number of rotatable bonds is 9. The van der Waals surface area contributed by atoms with Gasteiger partial charge in [-0.25, -0.2) is 4.98 Å². The molecule has 0 N–H and O–H groups in total. The third kappa shape index (κ3) is 8.98. The van der Waals surface area contributed by atoms with Crippen molar-refractivity contribution in [1.29, 1.82) is 0 Å². The molecule has 0 saturated heterocycles. The summed E-state index contributed by atoms with van der Waals surface area (Å²) < 4.78 is 52.5. The average Bonchev–Trinajstić information content (AvgIpc) is 4.00. The minimum absolute atomic E-state index is 0. The van der Waals surface area contributed by atoms with Gasteiger partial charge in [0, 0.05) is 72.3 Å². The van der Waals surface area contributed by atoms with E-state index in [2.05, 4.69) is 167 Å². The normalized spacial score (nSPS) is 13.8. The van der Waals surface area contributed by atoms with Gasteiger partial charge in [0.1, 0.15) is 5.82 Å². The first-order valence-corrected chi connectivity index (χ1v) is 23.9. The summed E-state index contributed by atoms with van der Waals surface area (Å²) in [4.78, 5) is 9.53. The van der Waals surface area contributed by atoms with Crippen LogP contribution in [0.15, 0.2) is 194 Å². The second kappa shape index (κ2) is 18.5. The Morgan fingerprint density at radius 3 is 1.89 bits per heavy atom. The molecule has 0 unspecified atom stereocenters. The molecule has 8 aromatic carbocycles. The van der Waals surface area contributed by atoms with Gasteiger partial charge in [-0.05, 0) is 91.6 Å². The Morgan fingerprint density at radius 1 is 0.549 bits per heavy atom. The summed E-state index contributed by atoms with van der Waals surface area (Å²) in [6.45, 7) is 19.9. The first-order valence-electron chi connectivity index (χ1n) is 26.4. The summed E-state index contributed by atoms with van der Waals surface area (Å²) in [5.74, 6) is 1.55. The molecule has 5 nitrogen and oxygen atoms in total. The molecule has 0 radical (unpaired) electrons. The van der Waals surface area contributed by atoms with E-state index in [1.165, 1.54) is 11.1 Å². The van der Waals surface area contributed by atoms with Gasteiger partial charge in [0.2, 0.25) is 0 Å². The summed E-state index contributed by atoms with van der Waals surface area (Å²) >= 11 is 0. The van der Waals surface area contributed by atoms with E-state index in [0.717, 1.165) is 66.8 Å². The molecule has 3 heterocycles. The fraction of sp³-hybridized carbons (Fsp3) is 0.169. The van der Waals surface area contributed by atoms with Gasteiger partial charge in [0.15, 0.2) is 0 Å². The van der Waals surface area contributed by atoms with Crippen LogP contribution in [-0.4, -0.2) is 9.55 Å². The second-order valence-corrected chi connectivity index (χ2v) is 20.7. The maximum Gasteiger partial charge on any atom is 0.135 e. The molecule has 356 valence electrons. The van der Waals surface area contributed by atoms with Gasteiger partial charge in [-0.15, -0.1) is 48.1 Å². The number of ether oxygens (including phenoxy) is 1. The first-order chi connectivity index (χ1) is 35.8. The van der Waals surface area contributed by atoms with E-state index in [4.69, 9.17) is 16.6 Å². The number of benzene rings is 8. The Labute approximate surface area is 440 Å². The number of hydrogen-bond donors (Lipinski definition) is 0. The maximum absolute atomic E-state index is 9.05. The molecule has 11 rings (SSSR count). The molecule has 2 aromatic heterocycles. The van der Waals surface area contributed by atoms with Crippen LogP contribution in [0.1, 0.15) is 84.5 Å². The number of anilines is 4. The number of hydrogen-bond acceptors (Lipinski definition) is 4. The minimum Gasteiger partial charge on any atom is -0.509 e. The zero-order valence-corrected chi connectivity index (χ0v) is 43.5. The molecular formula is C65H57N4OPt-3. The number of pyridine rings is 1. The van der Waals surface area contributed by atoms with Crippen LogP contribution in [-0.2, 0) is 37.3 Å². The quantitative estimate of drug-likeness (QED) is 0.135. The second-order valence-electron chi connectivity index (χ2n) is 20.7. The van der Waals surface area contributed by atoms with Gasteiger partial charge < -0.3 is 19.1 Å². The largest absolute Gasteiger partial charge is 0.509 e. The van der Waals surface area contributed by atoms with E-state index in [9.17, 15) is 0 Å². The third-order valence-electron chi connectivity index (χ3n) is 13.6. The summed E-state index contributed by atoms with van der Waals surface area (Å²) in [5.41, 5.74) is 11.8. The Balaban J connectivity index is 0.00000657. The van der Waals surface area contributed by atoms with Crippen molar-refractivity contribution in [2.75, 3.05) is 9.80 Å². The van der Waals surface area contributed by atoms with Gasteiger partial charge in [-0.3, -0.25) is 0 Å². The molecule has 0 saturated carbocycles. The molecule has 10 aromatic rings. The molecule has 0 atom stereocenters. The van der Waals surface area contributed by atoms with E-state index < -0.39 is 23.5 Å². The summed E-state index contributed by atoms with van der Waals surface area (Å²) in [7, 11) is 0. The summed E-state index contributed by atoms with van der Waals surface area (Å²) in [6, 6.07) is 59.4. The molecule has 0 aliphatic carbocycles. The van der Waals surface area contributed by atoms with Gasteiger partial charge in [-0.2, -0.15) is 12.1 Å². The van der Waals surface area contributed by atoms with Crippen LogP contribution < -0.4 is 14.5 Å². The Hall–Kier alpha value is -7.20. The molecule has 0 fully saturated rings. The third-order valence-corrected chi connectivity index (χ3v) is 13.6. The molecule has 0 bridgehead atoms. The Bertz CT molecular complexity index is 3800. The van der Waals surface area contributed by atoms with Crippen molar-refractivity contribution in [3.8, 4) is 39.6 Å². The van der Waals surface area contributed by atoms with Crippen LogP contribution in [0.3, 0.4) is 0 Å². The molecule has 0 spiro atoms. The fourth-order valence-electron chi connectivity index (χ4n) is 9.59. The number of nitrogens with zero attached hydrogens (tertiary/aromatic N) is 4. The predicted molar refractivity (Wildman–Crippen MR) is 291 cm³/mol. The molecule has 0 amide bonds. The Kier molecular flexibility index (Phi) is 10.8. The molecule has 6 heteroatoms. The van der Waals surface area contributed by atoms with Crippen molar-refractivity contribution in [2.24, 2.45) is 0 Å². The SMILES string of the molecule is [2H]c1c([2H])c([2H])c(-c2cnc(-n3c4[c-]c(Oc5[c-]c(N6[CH-]N(c7cc(C(C)(C)C)cc(C(C)(C)C)c7)c7ccccc76)ccc5)ccc4c4cc(-c5ccccc5)ccc43)cc2C(C)(C)c2ccccc2)c([2H])c1[2H].[Pt]. The monoisotopic (exact) mass is 1110 g/mol. The van der Waals surface area contributed by atoms with Crippen molar-refractivity contribution in [3.05, 3.63) is 235 Å². The van der Waals surface area contributed by atoms with Crippen molar-refractivity contribution in [2.45, 2.75) is 71.6 Å². The van der Waals surface area contributed by atoms with E-state index >= 15 is 0 Å². The maximum atomic E-state index is 9.05. The predicted octanol–water partition coefficient (Wildman–Crippen LogP) is 17.2. The van der Waals surface area contributed by atoms with Gasteiger partial charge >= 0.3 is 0 Å². The van der Waals surface area contributed by atoms with Gasteiger partial charge in [0.25, 0.3) is 0 Å². The smallest absolute Gasteiger partial charge is 0.135 e.